The first-order chi connectivity index (χ1) is 12.3. The summed E-state index contributed by atoms with van der Waals surface area (Å²) in [5.41, 5.74) is 1.54. The van der Waals surface area contributed by atoms with Gasteiger partial charge in [0.25, 0.3) is 0 Å². The number of nitrogens with one attached hydrogen (secondary N) is 2. The summed E-state index contributed by atoms with van der Waals surface area (Å²) < 4.78 is 5.87. The fourth-order valence-corrected chi connectivity index (χ4v) is 3.62. The van der Waals surface area contributed by atoms with Crippen LogP contribution in [0.15, 0.2) is 48.7 Å². The predicted octanol–water partition coefficient (Wildman–Crippen LogP) is 2.49. The Morgan fingerprint density at radius 2 is 2.12 bits per heavy atom. The molecule has 2 saturated heterocycles. The van der Waals surface area contributed by atoms with Crippen molar-refractivity contribution >= 4 is 11.7 Å². The molecule has 0 aliphatic carbocycles. The third-order valence-corrected chi connectivity index (χ3v) is 4.94. The molecule has 1 aromatic heterocycles. The molecule has 6 nitrogen and oxygen atoms in total. The Balaban J connectivity index is 1.43. The van der Waals surface area contributed by atoms with Gasteiger partial charge in [-0.05, 0) is 36.6 Å². The summed E-state index contributed by atoms with van der Waals surface area (Å²) in [6.07, 6.45) is 2.81. The van der Waals surface area contributed by atoms with E-state index in [1.54, 1.807) is 6.20 Å². The highest BCUT2D eigenvalue weighted by Crippen LogP contribution is 2.29. The van der Waals surface area contributed by atoms with Crippen LogP contribution in [0.1, 0.15) is 12.1 Å². The van der Waals surface area contributed by atoms with Gasteiger partial charge in [-0.1, -0.05) is 18.2 Å². The third-order valence-electron chi connectivity index (χ3n) is 4.94. The van der Waals surface area contributed by atoms with E-state index >= 15 is 0 Å². The normalized spacial score (nSPS) is 21.8. The van der Waals surface area contributed by atoms with E-state index in [-0.39, 0.29) is 6.03 Å². The molecule has 6 heteroatoms. The molecule has 4 rings (SSSR count). The molecule has 0 radical (unpaired) electrons. The van der Waals surface area contributed by atoms with Crippen LogP contribution in [0.2, 0.25) is 0 Å². The Hall–Kier alpha value is -2.60. The molecule has 2 aromatic rings. The van der Waals surface area contributed by atoms with Crippen molar-refractivity contribution in [2.75, 3.05) is 25.0 Å². The minimum absolute atomic E-state index is 0.0508. The molecule has 25 heavy (non-hydrogen) atoms. The lowest BCUT2D eigenvalue weighted by Gasteiger charge is -2.24. The SMILES string of the molecule is O=C(Nc1ccccc1OCc1ccccn1)N1CC[C@@H]2CNC[C@@H]21. The van der Waals surface area contributed by atoms with Gasteiger partial charge in [-0.3, -0.25) is 4.98 Å². The van der Waals surface area contributed by atoms with Crippen LogP contribution in [0.25, 0.3) is 0 Å². The number of urea groups is 1. The quantitative estimate of drug-likeness (QED) is 0.899. The van der Waals surface area contributed by atoms with Crippen molar-refractivity contribution in [1.29, 1.82) is 0 Å². The van der Waals surface area contributed by atoms with Gasteiger partial charge in [0.1, 0.15) is 12.4 Å². The topological polar surface area (TPSA) is 66.5 Å². The number of hydrogen-bond acceptors (Lipinski definition) is 4. The van der Waals surface area contributed by atoms with Crippen molar-refractivity contribution in [1.82, 2.24) is 15.2 Å². The lowest BCUT2D eigenvalue weighted by Crippen LogP contribution is -2.41. The lowest BCUT2D eigenvalue weighted by atomic mass is 10.1. The highest BCUT2D eigenvalue weighted by atomic mass is 16.5. The number of rotatable bonds is 4. The average molecular weight is 338 g/mol. The highest BCUT2D eigenvalue weighted by molar-refractivity contribution is 5.91. The second-order valence-corrected chi connectivity index (χ2v) is 6.50. The fourth-order valence-electron chi connectivity index (χ4n) is 3.62. The maximum atomic E-state index is 12.7. The highest BCUT2D eigenvalue weighted by Gasteiger charge is 2.40. The number of anilines is 1. The van der Waals surface area contributed by atoms with E-state index in [9.17, 15) is 4.79 Å². The molecular weight excluding hydrogens is 316 g/mol. The van der Waals surface area contributed by atoms with Gasteiger partial charge in [-0.2, -0.15) is 0 Å². The van der Waals surface area contributed by atoms with Crippen molar-refractivity contribution < 1.29 is 9.53 Å². The molecule has 2 N–H and O–H groups in total. The number of nitrogens with zero attached hydrogens (tertiary/aromatic N) is 2. The van der Waals surface area contributed by atoms with Crippen LogP contribution >= 0.6 is 0 Å². The van der Waals surface area contributed by atoms with E-state index in [1.807, 2.05) is 47.4 Å². The van der Waals surface area contributed by atoms with Crippen molar-refractivity contribution in [2.24, 2.45) is 5.92 Å². The smallest absolute Gasteiger partial charge is 0.322 e. The first-order valence-electron chi connectivity index (χ1n) is 8.71. The predicted molar refractivity (Wildman–Crippen MR) is 95.5 cm³/mol. The van der Waals surface area contributed by atoms with Crippen molar-refractivity contribution in [3.63, 3.8) is 0 Å². The monoisotopic (exact) mass is 338 g/mol. The number of carbonyl (C=O) groups excluding carboxylic acids is 1. The van der Waals surface area contributed by atoms with Gasteiger partial charge in [0.15, 0.2) is 0 Å². The van der Waals surface area contributed by atoms with Gasteiger partial charge in [0.05, 0.1) is 11.4 Å². The summed E-state index contributed by atoms with van der Waals surface area (Å²) >= 11 is 0. The molecule has 0 bridgehead atoms. The first-order valence-corrected chi connectivity index (χ1v) is 8.71. The zero-order chi connectivity index (χ0) is 17.1. The first kappa shape index (κ1) is 15.9. The molecule has 0 saturated carbocycles. The summed E-state index contributed by atoms with van der Waals surface area (Å²) in [4.78, 5) is 18.9. The fraction of sp³-hybridized carbons (Fsp3) is 0.368. The maximum Gasteiger partial charge on any atom is 0.322 e. The number of pyridine rings is 1. The number of amides is 2. The maximum absolute atomic E-state index is 12.7. The number of ether oxygens (including phenoxy) is 1. The Morgan fingerprint density at radius 1 is 1.24 bits per heavy atom. The van der Waals surface area contributed by atoms with Crippen molar-refractivity contribution in [2.45, 2.75) is 19.1 Å². The van der Waals surface area contributed by atoms with Crippen molar-refractivity contribution in [3.8, 4) is 5.75 Å². The summed E-state index contributed by atoms with van der Waals surface area (Å²) in [7, 11) is 0. The van der Waals surface area contributed by atoms with E-state index in [2.05, 4.69) is 15.6 Å². The second-order valence-electron chi connectivity index (χ2n) is 6.50. The minimum atomic E-state index is -0.0508. The number of fused-ring (bicyclic) bond motifs is 1. The number of benzene rings is 1. The van der Waals surface area contributed by atoms with Crippen LogP contribution in [0.4, 0.5) is 10.5 Å². The third kappa shape index (κ3) is 3.44. The number of carbonyl (C=O) groups is 1. The summed E-state index contributed by atoms with van der Waals surface area (Å²) in [5.74, 6) is 1.24. The second kappa shape index (κ2) is 7.11. The number of para-hydroxylation sites is 2. The standard InChI is InChI=1S/C19H22N4O2/c24-19(23-10-8-14-11-20-12-17(14)23)22-16-6-1-2-7-18(16)25-13-15-5-3-4-9-21-15/h1-7,9,14,17,20H,8,10-13H2,(H,22,24)/t14-,17+/m1/s1. The van der Waals surface area contributed by atoms with E-state index in [4.69, 9.17) is 4.74 Å². The molecule has 3 heterocycles. The lowest BCUT2D eigenvalue weighted by molar-refractivity contribution is 0.206. The Morgan fingerprint density at radius 3 is 3.00 bits per heavy atom. The minimum Gasteiger partial charge on any atom is -0.485 e. The average Bonchev–Trinajstić information content (AvgIpc) is 3.25. The van der Waals surface area contributed by atoms with Crippen LogP contribution in [0, 0.1) is 5.92 Å². The van der Waals surface area contributed by atoms with Crippen LogP contribution in [0.3, 0.4) is 0 Å². The van der Waals surface area contributed by atoms with Gasteiger partial charge in [0.2, 0.25) is 0 Å². The number of likely N-dealkylation sites (tertiary alicyclic amines) is 1. The molecular formula is C19H22N4O2. The van der Waals surface area contributed by atoms with E-state index < -0.39 is 0 Å². The van der Waals surface area contributed by atoms with Crippen LogP contribution in [-0.2, 0) is 6.61 Å². The Bertz CT molecular complexity index is 737. The molecule has 2 fully saturated rings. The van der Waals surface area contributed by atoms with Gasteiger partial charge in [0, 0.05) is 31.9 Å². The van der Waals surface area contributed by atoms with E-state index in [0.717, 1.165) is 31.7 Å². The summed E-state index contributed by atoms with van der Waals surface area (Å²) in [6, 6.07) is 13.5. The van der Waals surface area contributed by atoms with Crippen molar-refractivity contribution in [3.05, 3.63) is 54.4 Å². The van der Waals surface area contributed by atoms with E-state index in [1.165, 1.54) is 0 Å². The van der Waals surface area contributed by atoms with Crippen LogP contribution in [0.5, 0.6) is 5.75 Å². The molecule has 2 amide bonds. The summed E-state index contributed by atoms with van der Waals surface area (Å²) in [5, 5.41) is 6.38. The summed E-state index contributed by atoms with van der Waals surface area (Å²) in [6.45, 7) is 3.08. The van der Waals surface area contributed by atoms with E-state index in [0.29, 0.717) is 30.0 Å². The molecule has 2 aliphatic heterocycles. The molecule has 2 aliphatic rings. The van der Waals surface area contributed by atoms with Crippen LogP contribution < -0.4 is 15.4 Å². The molecule has 0 spiro atoms. The number of aromatic nitrogens is 1. The van der Waals surface area contributed by atoms with Crippen LogP contribution in [-0.4, -0.2) is 41.6 Å². The zero-order valence-corrected chi connectivity index (χ0v) is 14.0. The van der Waals surface area contributed by atoms with Gasteiger partial charge in [-0.15, -0.1) is 0 Å². The Labute approximate surface area is 147 Å². The van der Waals surface area contributed by atoms with Gasteiger partial charge < -0.3 is 20.3 Å². The molecule has 1 aromatic carbocycles. The Kier molecular flexibility index (Phi) is 4.52. The van der Waals surface area contributed by atoms with Gasteiger partial charge >= 0.3 is 6.03 Å². The zero-order valence-electron chi connectivity index (χ0n) is 14.0. The van der Waals surface area contributed by atoms with Gasteiger partial charge in [-0.25, -0.2) is 4.79 Å². The molecule has 2 atom stereocenters. The number of hydrogen-bond donors (Lipinski definition) is 2. The molecule has 0 unspecified atom stereocenters. The largest absolute Gasteiger partial charge is 0.485 e. The molecule has 130 valence electrons.